The number of aliphatic hydroxyl groups excluding tert-OH is 1. The van der Waals surface area contributed by atoms with Crippen LogP contribution in [0.1, 0.15) is 59.1 Å². The summed E-state index contributed by atoms with van der Waals surface area (Å²) in [4.78, 5) is 21.2. The molecule has 5 nitrogen and oxygen atoms in total. The van der Waals surface area contributed by atoms with Crippen LogP contribution in [0, 0.1) is 24.8 Å². The first kappa shape index (κ1) is 34.7. The molecular formula is C38H46IrN3O2Si-. The SMILES string of the molecule is CCC(CC)C(=O)/C=C(\O)C(CC)CC.Cc1c2c3cc4ccccc4[c-]c3c3ncnc4cc([Si](C)(C)C)c(c2c43)n1C.[Ir]. The van der Waals surface area contributed by atoms with Crippen molar-refractivity contribution in [3.8, 4) is 0 Å². The first-order valence-electron chi connectivity index (χ1n) is 16.1. The number of aliphatic hydroxyl groups is 1. The maximum atomic E-state index is 11.7. The molecule has 7 heteroatoms. The Morgan fingerprint density at radius 3 is 2.22 bits per heavy atom. The van der Waals surface area contributed by atoms with Crippen LogP contribution in [0.5, 0.6) is 0 Å². The van der Waals surface area contributed by atoms with Crippen LogP contribution in [-0.2, 0) is 31.9 Å². The Hall–Kier alpha value is -3.12. The van der Waals surface area contributed by atoms with E-state index in [0.29, 0.717) is 0 Å². The average Bonchev–Trinajstić information content (AvgIpc) is 3.27. The van der Waals surface area contributed by atoms with Crippen molar-refractivity contribution < 1.29 is 30.0 Å². The number of allylic oxidation sites excluding steroid dienone is 2. The van der Waals surface area contributed by atoms with E-state index >= 15 is 0 Å². The maximum Gasteiger partial charge on any atom is 0.162 e. The summed E-state index contributed by atoms with van der Waals surface area (Å²) in [7, 11) is 0.631. The van der Waals surface area contributed by atoms with E-state index in [1.807, 2.05) is 27.7 Å². The minimum Gasteiger partial charge on any atom is -0.512 e. The van der Waals surface area contributed by atoms with Crippen molar-refractivity contribution in [1.82, 2.24) is 14.5 Å². The molecule has 0 saturated heterocycles. The number of hydrogen-bond donors (Lipinski definition) is 1. The minimum atomic E-state index is -1.57. The number of rotatable bonds is 8. The molecule has 0 aliphatic heterocycles. The summed E-state index contributed by atoms with van der Waals surface area (Å²) in [6.45, 7) is 17.6. The summed E-state index contributed by atoms with van der Waals surface area (Å²) < 4.78 is 2.39. The van der Waals surface area contributed by atoms with Gasteiger partial charge >= 0.3 is 0 Å². The number of nitrogens with zero attached hydrogens (tertiary/aromatic N) is 3. The molecule has 0 aliphatic carbocycles. The molecule has 0 amide bonds. The third-order valence-corrected chi connectivity index (χ3v) is 11.5. The van der Waals surface area contributed by atoms with Gasteiger partial charge in [-0.25, -0.2) is 4.98 Å². The molecule has 0 saturated carbocycles. The summed E-state index contributed by atoms with van der Waals surface area (Å²) >= 11 is 0. The van der Waals surface area contributed by atoms with Crippen molar-refractivity contribution in [1.29, 1.82) is 0 Å². The van der Waals surface area contributed by atoms with Crippen LogP contribution in [0.3, 0.4) is 0 Å². The molecule has 239 valence electrons. The summed E-state index contributed by atoms with van der Waals surface area (Å²) in [6, 6.07) is 16.8. The molecule has 2 aromatic heterocycles. The first-order chi connectivity index (χ1) is 21.0. The van der Waals surface area contributed by atoms with Gasteiger partial charge in [0.25, 0.3) is 0 Å². The third-order valence-electron chi connectivity index (χ3n) is 9.54. The second kappa shape index (κ2) is 13.7. The van der Waals surface area contributed by atoms with Gasteiger partial charge < -0.3 is 9.67 Å². The topological polar surface area (TPSA) is 68.0 Å². The molecule has 0 fully saturated rings. The predicted molar refractivity (Wildman–Crippen MR) is 190 cm³/mol. The Morgan fingerprint density at radius 1 is 0.956 bits per heavy atom. The summed E-state index contributed by atoms with van der Waals surface area (Å²) in [6.07, 6.45) is 6.62. The number of ketones is 1. The molecule has 0 bridgehead atoms. The van der Waals surface area contributed by atoms with Gasteiger partial charge in [-0.1, -0.05) is 81.7 Å². The van der Waals surface area contributed by atoms with Gasteiger partial charge in [-0.05, 0) is 49.2 Å². The van der Waals surface area contributed by atoms with E-state index in [1.54, 1.807) is 6.33 Å². The van der Waals surface area contributed by atoms with E-state index in [-0.39, 0.29) is 43.5 Å². The number of benzene rings is 4. The van der Waals surface area contributed by atoms with Gasteiger partial charge in [-0.3, -0.25) is 9.78 Å². The first-order valence-corrected chi connectivity index (χ1v) is 19.6. The standard InChI is InChI=1S/C25H22N3Si.C13H24O2.Ir/c1-14-21-17-10-15-8-6-7-9-16(15)11-18(17)24-22-19(26-13-27-24)12-20(29(3,4)5)25(23(21)22)28(14)2;1-5-10(6-2)12(14)9-13(15)11(7-3)8-4;/h6-10,12-13H,1-5H3;9-11,14H,5-8H2,1-4H3;/q-1;;/b;12-9-;. The molecule has 6 rings (SSSR count). The molecule has 4 aromatic carbocycles. The van der Waals surface area contributed by atoms with Crippen molar-refractivity contribution >= 4 is 73.3 Å². The Labute approximate surface area is 281 Å². The van der Waals surface area contributed by atoms with Gasteiger partial charge in [-0.2, -0.15) is 0 Å². The van der Waals surface area contributed by atoms with E-state index in [0.717, 1.165) is 47.5 Å². The van der Waals surface area contributed by atoms with Crippen molar-refractivity contribution in [3.63, 3.8) is 0 Å². The molecule has 1 N–H and O–H groups in total. The number of aryl methyl sites for hydroxylation is 2. The zero-order valence-corrected chi connectivity index (χ0v) is 31.5. The van der Waals surface area contributed by atoms with Gasteiger partial charge in [0.1, 0.15) is 6.33 Å². The average molecular weight is 797 g/mol. The maximum absolute atomic E-state index is 11.7. The fraction of sp³-hybridized carbons (Fsp3) is 0.395. The van der Waals surface area contributed by atoms with E-state index in [4.69, 9.17) is 9.97 Å². The second-order valence-corrected chi connectivity index (χ2v) is 18.2. The van der Waals surface area contributed by atoms with Crippen molar-refractivity contribution in [2.45, 2.75) is 79.9 Å². The molecule has 6 aromatic rings. The minimum absolute atomic E-state index is 0. The van der Waals surface area contributed by atoms with E-state index in [9.17, 15) is 9.90 Å². The number of carbonyl (C=O) groups is 1. The van der Waals surface area contributed by atoms with Gasteiger partial charge in [0, 0.05) is 72.6 Å². The normalized spacial score (nSPS) is 12.6. The monoisotopic (exact) mass is 797 g/mol. The molecule has 0 atom stereocenters. The summed E-state index contributed by atoms with van der Waals surface area (Å²) in [5.74, 6) is 0.547. The Bertz CT molecular complexity index is 2010. The van der Waals surface area contributed by atoms with Crippen LogP contribution in [-0.4, -0.2) is 33.5 Å². The summed E-state index contributed by atoms with van der Waals surface area (Å²) in [5.41, 5.74) is 4.73. The second-order valence-electron chi connectivity index (χ2n) is 13.2. The van der Waals surface area contributed by atoms with Crippen molar-refractivity contribution in [2.75, 3.05) is 0 Å². The van der Waals surface area contributed by atoms with Crippen LogP contribution < -0.4 is 5.19 Å². The zero-order valence-electron chi connectivity index (χ0n) is 28.1. The van der Waals surface area contributed by atoms with E-state index in [1.165, 1.54) is 49.4 Å². The Kier molecular flexibility index (Phi) is 10.6. The Balaban J connectivity index is 0.000000249. The smallest absolute Gasteiger partial charge is 0.162 e. The molecule has 0 unspecified atom stereocenters. The fourth-order valence-corrected chi connectivity index (χ4v) is 8.31. The number of aromatic nitrogens is 3. The van der Waals surface area contributed by atoms with Crippen LogP contribution in [0.15, 0.2) is 54.6 Å². The van der Waals surface area contributed by atoms with Gasteiger partial charge in [0.2, 0.25) is 0 Å². The van der Waals surface area contributed by atoms with Crippen LogP contribution >= 0.6 is 0 Å². The van der Waals surface area contributed by atoms with Crippen LogP contribution in [0.4, 0.5) is 0 Å². The van der Waals surface area contributed by atoms with Gasteiger partial charge in [0.15, 0.2) is 5.78 Å². The predicted octanol–water partition coefficient (Wildman–Crippen LogP) is 9.54. The Morgan fingerprint density at radius 2 is 1.60 bits per heavy atom. The van der Waals surface area contributed by atoms with E-state index in [2.05, 4.69) is 80.6 Å². The number of hydrogen-bond acceptors (Lipinski definition) is 4. The zero-order chi connectivity index (χ0) is 31.9. The largest absolute Gasteiger partial charge is 0.512 e. The molecule has 2 heterocycles. The van der Waals surface area contributed by atoms with Crippen LogP contribution in [0.25, 0.3) is 54.3 Å². The van der Waals surface area contributed by atoms with Gasteiger partial charge in [-0.15, -0.1) is 23.6 Å². The summed E-state index contributed by atoms with van der Waals surface area (Å²) in [5, 5.41) is 19.8. The van der Waals surface area contributed by atoms with Crippen molar-refractivity contribution in [3.05, 3.63) is 66.3 Å². The number of carbonyl (C=O) groups excluding carboxylic acids is 1. The number of fused-ring (bicyclic) bond motifs is 4. The molecule has 0 aliphatic rings. The molecule has 0 spiro atoms. The fourth-order valence-electron chi connectivity index (χ4n) is 6.74. The quantitative estimate of drug-likeness (QED) is 0.0417. The van der Waals surface area contributed by atoms with Gasteiger partial charge in [0.05, 0.1) is 19.3 Å². The third kappa shape index (κ3) is 6.19. The van der Waals surface area contributed by atoms with Crippen LogP contribution in [0.2, 0.25) is 19.6 Å². The van der Waals surface area contributed by atoms with Crippen molar-refractivity contribution in [2.24, 2.45) is 18.9 Å². The molecule has 1 radical (unpaired) electrons. The van der Waals surface area contributed by atoms with E-state index < -0.39 is 8.07 Å². The molecular weight excluding hydrogens is 751 g/mol. The molecule has 45 heavy (non-hydrogen) atoms.